The molecule has 2 aromatic rings. The first-order valence-corrected chi connectivity index (χ1v) is 8.99. The second-order valence-corrected chi connectivity index (χ2v) is 6.72. The van der Waals surface area contributed by atoms with E-state index in [-0.39, 0.29) is 6.04 Å². The lowest BCUT2D eigenvalue weighted by molar-refractivity contribution is 0.0517. The van der Waals surface area contributed by atoms with E-state index in [1.165, 1.54) is 0 Å². The summed E-state index contributed by atoms with van der Waals surface area (Å²) in [7, 11) is 1.87. The molecule has 132 valence electrons. The van der Waals surface area contributed by atoms with Crippen LogP contribution in [0.2, 0.25) is 5.15 Å². The summed E-state index contributed by atoms with van der Waals surface area (Å²) in [4.78, 5) is 4.63. The number of aromatic nitrogens is 4. The summed E-state index contributed by atoms with van der Waals surface area (Å²) < 4.78 is 9.48. The second kappa shape index (κ2) is 7.68. The largest absolute Gasteiger partial charge is 0.381 e. The molecule has 0 aliphatic carbocycles. The van der Waals surface area contributed by atoms with Crippen LogP contribution in [0, 0.1) is 12.8 Å². The van der Waals surface area contributed by atoms with Crippen molar-refractivity contribution in [3.63, 3.8) is 0 Å². The summed E-state index contributed by atoms with van der Waals surface area (Å²) in [5.41, 5.74) is 2.03. The Balaban J connectivity index is 1.82. The van der Waals surface area contributed by atoms with Crippen LogP contribution >= 0.6 is 11.6 Å². The minimum absolute atomic E-state index is 0.194. The third kappa shape index (κ3) is 3.50. The minimum atomic E-state index is 0.194. The van der Waals surface area contributed by atoms with Gasteiger partial charge in [-0.1, -0.05) is 11.6 Å². The summed E-state index contributed by atoms with van der Waals surface area (Å²) >= 11 is 6.39. The highest BCUT2D eigenvalue weighted by Gasteiger charge is 2.28. The van der Waals surface area contributed by atoms with Gasteiger partial charge in [0.2, 0.25) is 0 Å². The van der Waals surface area contributed by atoms with Gasteiger partial charge >= 0.3 is 0 Å². The Labute approximate surface area is 148 Å². The van der Waals surface area contributed by atoms with Gasteiger partial charge in [0.25, 0.3) is 0 Å². The van der Waals surface area contributed by atoms with Gasteiger partial charge in [-0.15, -0.1) is 0 Å². The Morgan fingerprint density at radius 2 is 2.17 bits per heavy atom. The first-order valence-electron chi connectivity index (χ1n) is 8.62. The summed E-state index contributed by atoms with van der Waals surface area (Å²) in [5.74, 6) is 1.62. The molecule has 0 spiro atoms. The summed E-state index contributed by atoms with van der Waals surface area (Å²) in [6.45, 7) is 7.40. The van der Waals surface area contributed by atoms with Gasteiger partial charge in [0.05, 0.1) is 11.7 Å². The Bertz CT molecular complexity index is 675. The zero-order valence-electron chi connectivity index (χ0n) is 14.6. The van der Waals surface area contributed by atoms with Crippen LogP contribution < -0.4 is 5.32 Å². The fourth-order valence-electron chi connectivity index (χ4n) is 3.47. The minimum Gasteiger partial charge on any atom is -0.381 e. The lowest BCUT2D eigenvalue weighted by Crippen LogP contribution is -2.34. The van der Waals surface area contributed by atoms with Crippen LogP contribution in [-0.2, 0) is 24.9 Å². The molecule has 1 atom stereocenters. The predicted molar refractivity (Wildman–Crippen MR) is 94.0 cm³/mol. The molecule has 2 aromatic heterocycles. The molecule has 24 heavy (non-hydrogen) atoms. The van der Waals surface area contributed by atoms with E-state index >= 15 is 0 Å². The van der Waals surface area contributed by atoms with Crippen LogP contribution in [0.4, 0.5) is 0 Å². The van der Waals surface area contributed by atoms with Crippen molar-refractivity contribution in [1.82, 2.24) is 24.6 Å². The molecule has 1 saturated heterocycles. The molecule has 1 aliphatic heterocycles. The number of halogens is 1. The van der Waals surface area contributed by atoms with Crippen molar-refractivity contribution in [2.75, 3.05) is 13.2 Å². The van der Waals surface area contributed by atoms with Crippen LogP contribution in [0.5, 0.6) is 0 Å². The van der Waals surface area contributed by atoms with E-state index in [0.717, 1.165) is 49.7 Å². The van der Waals surface area contributed by atoms with Crippen LogP contribution in [0.1, 0.15) is 42.9 Å². The van der Waals surface area contributed by atoms with Gasteiger partial charge in [0, 0.05) is 51.3 Å². The number of hydrogen-bond acceptors (Lipinski definition) is 4. The fraction of sp³-hybridized carbons (Fsp3) is 0.647. The van der Waals surface area contributed by atoms with E-state index in [1.54, 1.807) is 4.68 Å². The summed E-state index contributed by atoms with van der Waals surface area (Å²) in [5, 5.41) is 8.80. The zero-order chi connectivity index (χ0) is 17.1. The molecule has 1 N–H and O–H groups in total. The fourth-order valence-corrected chi connectivity index (χ4v) is 3.71. The highest BCUT2D eigenvalue weighted by Crippen LogP contribution is 2.30. The van der Waals surface area contributed by atoms with Gasteiger partial charge in [-0.3, -0.25) is 4.68 Å². The van der Waals surface area contributed by atoms with Gasteiger partial charge in [0.1, 0.15) is 11.0 Å². The number of imidazole rings is 1. The third-order valence-corrected chi connectivity index (χ3v) is 5.35. The maximum atomic E-state index is 6.39. The summed E-state index contributed by atoms with van der Waals surface area (Å²) in [6, 6.07) is 0.194. The lowest BCUT2D eigenvalue weighted by Gasteiger charge is -2.31. The third-order valence-electron chi connectivity index (χ3n) is 4.87. The molecule has 1 unspecified atom stereocenters. The van der Waals surface area contributed by atoms with Crippen LogP contribution in [0.15, 0.2) is 12.4 Å². The number of nitrogens with zero attached hydrogens (tertiary/aromatic N) is 4. The van der Waals surface area contributed by atoms with Crippen molar-refractivity contribution in [3.05, 3.63) is 34.6 Å². The maximum Gasteiger partial charge on any atom is 0.131 e. The van der Waals surface area contributed by atoms with Crippen molar-refractivity contribution >= 4 is 11.6 Å². The van der Waals surface area contributed by atoms with Crippen LogP contribution in [0.25, 0.3) is 0 Å². The molecule has 3 rings (SSSR count). The normalized spacial score (nSPS) is 17.3. The highest BCUT2D eigenvalue weighted by molar-refractivity contribution is 6.30. The van der Waals surface area contributed by atoms with Crippen LogP contribution in [0.3, 0.4) is 0 Å². The molecule has 0 radical (unpaired) electrons. The van der Waals surface area contributed by atoms with Crippen molar-refractivity contribution in [2.24, 2.45) is 13.0 Å². The molecule has 0 bridgehead atoms. The Morgan fingerprint density at radius 3 is 2.79 bits per heavy atom. The van der Waals surface area contributed by atoms with E-state index < -0.39 is 0 Å². The van der Waals surface area contributed by atoms with Gasteiger partial charge < -0.3 is 14.6 Å². The topological polar surface area (TPSA) is 56.9 Å². The quantitative estimate of drug-likeness (QED) is 0.869. The molecule has 0 saturated carbocycles. The molecule has 0 aromatic carbocycles. The zero-order valence-corrected chi connectivity index (χ0v) is 15.4. The van der Waals surface area contributed by atoms with Crippen molar-refractivity contribution in [2.45, 2.75) is 45.8 Å². The van der Waals surface area contributed by atoms with Crippen LogP contribution in [-0.4, -0.2) is 32.5 Å². The average Bonchev–Trinajstić information content (AvgIpc) is 3.15. The number of hydrogen-bond donors (Lipinski definition) is 1. The van der Waals surface area contributed by atoms with Gasteiger partial charge in [-0.05, 0) is 32.6 Å². The van der Waals surface area contributed by atoms with Gasteiger partial charge in [-0.2, -0.15) is 5.10 Å². The first-order chi connectivity index (χ1) is 11.6. The maximum absolute atomic E-state index is 6.39. The molecule has 6 nitrogen and oxygen atoms in total. The smallest absolute Gasteiger partial charge is 0.131 e. The molecule has 7 heteroatoms. The van der Waals surface area contributed by atoms with E-state index in [1.807, 2.05) is 26.4 Å². The van der Waals surface area contributed by atoms with Gasteiger partial charge in [0.15, 0.2) is 0 Å². The highest BCUT2D eigenvalue weighted by atomic mass is 35.5. The number of ether oxygens (including phenoxy) is 1. The average molecular weight is 352 g/mol. The van der Waals surface area contributed by atoms with Crippen molar-refractivity contribution < 1.29 is 4.74 Å². The summed E-state index contributed by atoms with van der Waals surface area (Å²) in [6.07, 6.45) is 6.03. The monoisotopic (exact) mass is 351 g/mol. The molecule has 1 aliphatic rings. The van der Waals surface area contributed by atoms with E-state index in [0.29, 0.717) is 17.6 Å². The number of aryl methyl sites for hydroxylation is 3. The van der Waals surface area contributed by atoms with E-state index in [2.05, 4.69) is 26.9 Å². The molecule has 3 heterocycles. The molecule has 1 fully saturated rings. The molecular weight excluding hydrogens is 326 g/mol. The molecular formula is C17H26ClN5O. The second-order valence-electron chi connectivity index (χ2n) is 6.36. The standard InChI is InChI=1S/C17H26ClN5O/c1-4-23-8-7-19-17(23)15(13-5-9-24-10-6-13)20-11-14-12(2)21-22(3)16(14)18/h7-8,13,15,20H,4-6,9-11H2,1-3H3. The lowest BCUT2D eigenvalue weighted by atomic mass is 9.91. The van der Waals surface area contributed by atoms with E-state index in [9.17, 15) is 0 Å². The van der Waals surface area contributed by atoms with Gasteiger partial charge in [-0.25, -0.2) is 4.98 Å². The van der Waals surface area contributed by atoms with E-state index in [4.69, 9.17) is 16.3 Å². The van der Waals surface area contributed by atoms with Crippen molar-refractivity contribution in [3.8, 4) is 0 Å². The first kappa shape index (κ1) is 17.5. The number of rotatable bonds is 6. The number of nitrogens with one attached hydrogen (secondary N) is 1. The Morgan fingerprint density at radius 1 is 1.42 bits per heavy atom. The SMILES string of the molecule is CCn1ccnc1C(NCc1c(C)nn(C)c1Cl)C1CCOCC1. The Kier molecular flexibility index (Phi) is 5.58. The Hall–Kier alpha value is -1.37. The van der Waals surface area contributed by atoms with Crippen molar-refractivity contribution in [1.29, 1.82) is 0 Å². The molecule has 0 amide bonds. The predicted octanol–water partition coefficient (Wildman–Crippen LogP) is 2.86.